The van der Waals surface area contributed by atoms with Gasteiger partial charge in [-0.25, -0.2) is 9.97 Å². The molecule has 0 aliphatic heterocycles. The van der Waals surface area contributed by atoms with Crippen molar-refractivity contribution in [3.8, 4) is 6.07 Å². The highest BCUT2D eigenvalue weighted by molar-refractivity contribution is 9.10. The summed E-state index contributed by atoms with van der Waals surface area (Å²) < 4.78 is 2.60. The van der Waals surface area contributed by atoms with Gasteiger partial charge in [-0.2, -0.15) is 5.26 Å². The van der Waals surface area contributed by atoms with Crippen molar-refractivity contribution < 1.29 is 0 Å². The molecule has 1 unspecified atom stereocenters. The lowest BCUT2D eigenvalue weighted by molar-refractivity contribution is 0.597. The number of imidazole rings is 1. The second-order valence-electron chi connectivity index (χ2n) is 4.76. The number of halogens is 2. The fourth-order valence-electron chi connectivity index (χ4n) is 2.17. The van der Waals surface area contributed by atoms with Crippen LogP contribution in [0.5, 0.6) is 0 Å². The first-order valence-corrected chi connectivity index (χ1v) is 7.25. The van der Waals surface area contributed by atoms with Crippen LogP contribution in [0.25, 0.3) is 11.0 Å². The molecule has 0 aromatic carbocycles. The number of nitroso groups, excluding NO2 is 1. The molecule has 0 N–H and O–H groups in total. The van der Waals surface area contributed by atoms with Crippen molar-refractivity contribution in [1.29, 1.82) is 5.26 Å². The van der Waals surface area contributed by atoms with Crippen LogP contribution >= 0.6 is 27.5 Å². The van der Waals surface area contributed by atoms with Crippen LogP contribution in [0.4, 0.5) is 0 Å². The van der Waals surface area contributed by atoms with Crippen molar-refractivity contribution in [1.82, 2.24) is 14.5 Å². The van der Waals surface area contributed by atoms with Crippen molar-refractivity contribution in [3.05, 3.63) is 26.6 Å². The van der Waals surface area contributed by atoms with Gasteiger partial charge in [0.2, 0.25) is 6.04 Å². The molecule has 1 aliphatic carbocycles. The molecule has 8 heteroatoms. The Kier molecular flexibility index (Phi) is 3.44. The summed E-state index contributed by atoms with van der Waals surface area (Å²) in [7, 11) is 0. The van der Waals surface area contributed by atoms with E-state index >= 15 is 0 Å². The van der Waals surface area contributed by atoms with E-state index < -0.39 is 6.04 Å². The summed E-state index contributed by atoms with van der Waals surface area (Å²) in [4.78, 5) is 19.2. The van der Waals surface area contributed by atoms with Crippen molar-refractivity contribution in [3.63, 3.8) is 0 Å². The van der Waals surface area contributed by atoms with Crippen LogP contribution in [-0.4, -0.2) is 14.5 Å². The predicted octanol–water partition coefficient (Wildman–Crippen LogP) is 3.59. The molecular formula is C12H9BrClN5O. The van der Waals surface area contributed by atoms with Crippen LogP contribution in [0.3, 0.4) is 0 Å². The van der Waals surface area contributed by atoms with Gasteiger partial charge in [0.25, 0.3) is 0 Å². The number of nitriles is 1. The normalized spacial score (nSPS) is 16.1. The van der Waals surface area contributed by atoms with Crippen molar-refractivity contribution in [2.24, 2.45) is 11.1 Å². The van der Waals surface area contributed by atoms with E-state index in [0.29, 0.717) is 23.8 Å². The maximum absolute atomic E-state index is 10.9. The fourth-order valence-corrected chi connectivity index (χ4v) is 2.86. The van der Waals surface area contributed by atoms with Gasteiger partial charge in [0, 0.05) is 12.7 Å². The minimum atomic E-state index is -1.14. The molecule has 1 fully saturated rings. The molecule has 0 bridgehead atoms. The Morgan fingerprint density at radius 3 is 3.00 bits per heavy atom. The third-order valence-electron chi connectivity index (χ3n) is 3.32. The number of nitrogens with zero attached hydrogens (tertiary/aromatic N) is 5. The van der Waals surface area contributed by atoms with Crippen LogP contribution in [0.15, 0.2) is 15.8 Å². The minimum Gasteiger partial charge on any atom is -0.324 e. The average molecular weight is 355 g/mol. The van der Waals surface area contributed by atoms with E-state index in [-0.39, 0.29) is 5.15 Å². The molecule has 2 heterocycles. The van der Waals surface area contributed by atoms with Crippen LogP contribution in [0, 0.1) is 22.2 Å². The number of hydrogen-bond donors (Lipinski definition) is 0. The Morgan fingerprint density at radius 1 is 1.65 bits per heavy atom. The lowest BCUT2D eigenvalue weighted by atomic mass is 10.3. The molecule has 6 nitrogen and oxygen atoms in total. The summed E-state index contributed by atoms with van der Waals surface area (Å²) in [5, 5.41) is 12.2. The van der Waals surface area contributed by atoms with Gasteiger partial charge < -0.3 is 4.57 Å². The third-order valence-corrected chi connectivity index (χ3v) is 4.18. The van der Waals surface area contributed by atoms with E-state index in [4.69, 9.17) is 16.9 Å². The zero-order valence-corrected chi connectivity index (χ0v) is 12.6. The molecule has 20 heavy (non-hydrogen) atoms. The van der Waals surface area contributed by atoms with E-state index in [1.54, 1.807) is 6.20 Å². The molecular weight excluding hydrogens is 346 g/mol. The number of hydrogen-bond acceptors (Lipinski definition) is 5. The minimum absolute atomic E-state index is 0.251. The van der Waals surface area contributed by atoms with Gasteiger partial charge in [-0.15, -0.1) is 4.91 Å². The summed E-state index contributed by atoms with van der Waals surface area (Å²) in [5.41, 5.74) is 1.25. The van der Waals surface area contributed by atoms with Gasteiger partial charge in [-0.05, 0) is 39.9 Å². The molecule has 0 amide bonds. The number of aromatic nitrogens is 3. The van der Waals surface area contributed by atoms with Crippen LogP contribution in [-0.2, 0) is 6.54 Å². The monoisotopic (exact) mass is 353 g/mol. The number of rotatable bonds is 4. The molecule has 1 atom stereocenters. The summed E-state index contributed by atoms with van der Waals surface area (Å²) in [6.07, 6.45) is 3.87. The predicted molar refractivity (Wildman–Crippen MR) is 77.1 cm³/mol. The van der Waals surface area contributed by atoms with Crippen LogP contribution in [0.2, 0.25) is 5.15 Å². The van der Waals surface area contributed by atoms with E-state index in [0.717, 1.165) is 22.8 Å². The lowest BCUT2D eigenvalue weighted by Crippen LogP contribution is -2.08. The van der Waals surface area contributed by atoms with Crippen LogP contribution < -0.4 is 0 Å². The fraction of sp³-hybridized carbons (Fsp3) is 0.417. The molecule has 0 saturated heterocycles. The first kappa shape index (κ1) is 13.5. The highest BCUT2D eigenvalue weighted by Gasteiger charge is 2.29. The quantitative estimate of drug-likeness (QED) is 0.620. The SMILES string of the molecule is N#CC(N=O)c1nc2c(Cl)ncc(Br)c2n1CC1CC1. The second kappa shape index (κ2) is 5.11. The number of pyridine rings is 1. The van der Waals surface area contributed by atoms with Crippen molar-refractivity contribution in [2.45, 2.75) is 25.4 Å². The Bertz CT molecular complexity index is 734. The third kappa shape index (κ3) is 2.19. The smallest absolute Gasteiger partial charge is 0.235 e. The van der Waals surface area contributed by atoms with E-state index in [1.165, 1.54) is 0 Å². The van der Waals surface area contributed by atoms with E-state index in [1.807, 2.05) is 10.6 Å². The highest BCUT2D eigenvalue weighted by Crippen LogP contribution is 2.36. The van der Waals surface area contributed by atoms with E-state index in [2.05, 4.69) is 31.1 Å². The first-order chi connectivity index (χ1) is 9.65. The molecule has 3 rings (SSSR count). The lowest BCUT2D eigenvalue weighted by Gasteiger charge is -2.09. The van der Waals surface area contributed by atoms with Crippen molar-refractivity contribution >= 4 is 38.6 Å². The zero-order chi connectivity index (χ0) is 14.3. The largest absolute Gasteiger partial charge is 0.324 e. The maximum atomic E-state index is 10.9. The molecule has 2 aromatic rings. The Morgan fingerprint density at radius 2 is 2.40 bits per heavy atom. The summed E-state index contributed by atoms with van der Waals surface area (Å²) in [6, 6.07) is 0.726. The molecule has 0 spiro atoms. The summed E-state index contributed by atoms with van der Waals surface area (Å²) in [5.74, 6) is 0.885. The van der Waals surface area contributed by atoms with Crippen molar-refractivity contribution in [2.75, 3.05) is 0 Å². The van der Waals surface area contributed by atoms with Crippen LogP contribution in [0.1, 0.15) is 24.7 Å². The van der Waals surface area contributed by atoms with Gasteiger partial charge in [-0.1, -0.05) is 11.6 Å². The Labute approximate surface area is 127 Å². The van der Waals surface area contributed by atoms with Gasteiger partial charge >= 0.3 is 0 Å². The zero-order valence-electron chi connectivity index (χ0n) is 10.3. The topological polar surface area (TPSA) is 83.9 Å². The van der Waals surface area contributed by atoms with Gasteiger partial charge in [0.1, 0.15) is 11.6 Å². The second-order valence-corrected chi connectivity index (χ2v) is 5.97. The summed E-state index contributed by atoms with van der Waals surface area (Å²) in [6.45, 7) is 0.707. The van der Waals surface area contributed by atoms with E-state index in [9.17, 15) is 4.91 Å². The number of fused-ring (bicyclic) bond motifs is 1. The molecule has 2 aromatic heterocycles. The summed E-state index contributed by atoms with van der Waals surface area (Å²) >= 11 is 9.48. The molecule has 102 valence electrons. The molecule has 1 aliphatic rings. The highest BCUT2D eigenvalue weighted by atomic mass is 79.9. The molecule has 1 saturated carbocycles. The molecule has 0 radical (unpaired) electrons. The van der Waals surface area contributed by atoms with Gasteiger partial charge in [0.15, 0.2) is 11.0 Å². The average Bonchev–Trinajstić information content (AvgIpc) is 3.17. The Balaban J connectivity index is 2.27. The first-order valence-electron chi connectivity index (χ1n) is 6.08. The Hall–Kier alpha value is -1.52. The standard InChI is InChI=1S/C12H9BrClN5O/c13-7-4-16-11(14)9-10(7)19(5-6-1-2-6)12(17-9)8(3-15)18-20/h4,6,8H,1-2,5H2. The maximum Gasteiger partial charge on any atom is 0.235 e. The van der Waals surface area contributed by atoms with Gasteiger partial charge in [0.05, 0.1) is 9.99 Å². The van der Waals surface area contributed by atoms with Gasteiger partial charge in [-0.3, -0.25) is 0 Å².